The second kappa shape index (κ2) is 6.92. The summed E-state index contributed by atoms with van der Waals surface area (Å²) in [6.45, 7) is 1.97. The van der Waals surface area contributed by atoms with Crippen LogP contribution in [0, 0.1) is 12.7 Å². The Morgan fingerprint density at radius 2 is 1.96 bits per heavy atom. The van der Waals surface area contributed by atoms with Gasteiger partial charge in [-0.05, 0) is 44.7 Å². The highest BCUT2D eigenvalue weighted by Crippen LogP contribution is 2.31. The molecule has 0 aliphatic heterocycles. The molecular formula is C19H23FN6. The number of fused-ring (bicyclic) bond motifs is 1. The van der Waals surface area contributed by atoms with Crippen LogP contribution < -0.4 is 16.4 Å². The Morgan fingerprint density at radius 1 is 1.19 bits per heavy atom. The van der Waals surface area contributed by atoms with E-state index in [1.165, 1.54) is 6.07 Å². The number of imidazole rings is 1. The molecule has 1 aromatic carbocycles. The third-order valence-corrected chi connectivity index (χ3v) is 5.03. The lowest BCUT2D eigenvalue weighted by atomic mass is 9.92. The monoisotopic (exact) mass is 354 g/mol. The topological polar surface area (TPSA) is 80.3 Å². The van der Waals surface area contributed by atoms with Crippen molar-refractivity contribution in [2.24, 2.45) is 5.73 Å². The summed E-state index contributed by atoms with van der Waals surface area (Å²) in [5, 5.41) is 11.4. The van der Waals surface area contributed by atoms with Crippen LogP contribution in [-0.2, 0) is 0 Å². The number of rotatable bonds is 4. The van der Waals surface area contributed by atoms with Crippen LogP contribution in [0.5, 0.6) is 0 Å². The molecule has 4 rings (SSSR count). The number of anilines is 3. The van der Waals surface area contributed by atoms with Gasteiger partial charge in [-0.25, -0.2) is 13.9 Å². The van der Waals surface area contributed by atoms with Crippen LogP contribution in [0.1, 0.15) is 31.2 Å². The first-order valence-electron chi connectivity index (χ1n) is 8.99. The van der Waals surface area contributed by atoms with Gasteiger partial charge in [-0.2, -0.15) is 0 Å². The van der Waals surface area contributed by atoms with Crippen molar-refractivity contribution in [3.8, 4) is 0 Å². The first kappa shape index (κ1) is 16.8. The maximum atomic E-state index is 14.1. The lowest BCUT2D eigenvalue weighted by molar-refractivity contribution is 0.410. The molecule has 4 N–H and O–H groups in total. The fourth-order valence-electron chi connectivity index (χ4n) is 3.47. The van der Waals surface area contributed by atoms with Crippen LogP contribution in [0.15, 0.2) is 36.7 Å². The van der Waals surface area contributed by atoms with E-state index in [1.54, 1.807) is 35.1 Å². The number of aromatic nitrogens is 3. The molecule has 1 fully saturated rings. The van der Waals surface area contributed by atoms with E-state index in [1.807, 2.05) is 6.92 Å². The summed E-state index contributed by atoms with van der Waals surface area (Å²) in [4.78, 5) is 4.37. The minimum atomic E-state index is -0.302. The summed E-state index contributed by atoms with van der Waals surface area (Å²) in [5.41, 5.74) is 8.76. The number of hydrogen-bond acceptors (Lipinski definition) is 5. The molecule has 0 spiro atoms. The van der Waals surface area contributed by atoms with Gasteiger partial charge in [-0.1, -0.05) is 12.1 Å². The summed E-state index contributed by atoms with van der Waals surface area (Å²) in [6.07, 6.45) is 7.58. The maximum Gasteiger partial charge on any atom is 0.177 e. The van der Waals surface area contributed by atoms with Crippen LogP contribution in [0.2, 0.25) is 0 Å². The first-order valence-corrected chi connectivity index (χ1v) is 8.99. The van der Waals surface area contributed by atoms with Crippen molar-refractivity contribution in [2.45, 2.75) is 44.7 Å². The zero-order chi connectivity index (χ0) is 18.1. The molecule has 136 valence electrons. The zero-order valence-electron chi connectivity index (χ0n) is 14.7. The molecule has 2 aromatic heterocycles. The maximum absolute atomic E-state index is 14.1. The van der Waals surface area contributed by atoms with Crippen LogP contribution >= 0.6 is 0 Å². The largest absolute Gasteiger partial charge is 0.366 e. The van der Waals surface area contributed by atoms with Gasteiger partial charge >= 0.3 is 0 Å². The highest BCUT2D eigenvalue weighted by atomic mass is 19.1. The van der Waals surface area contributed by atoms with Gasteiger partial charge in [-0.15, -0.1) is 5.10 Å². The zero-order valence-corrected chi connectivity index (χ0v) is 14.7. The van der Waals surface area contributed by atoms with Crippen molar-refractivity contribution >= 4 is 22.8 Å². The number of nitrogens with two attached hydrogens (primary N) is 1. The molecule has 26 heavy (non-hydrogen) atoms. The Labute approximate surface area is 151 Å². The van der Waals surface area contributed by atoms with E-state index in [0.29, 0.717) is 23.4 Å². The predicted molar refractivity (Wildman–Crippen MR) is 101 cm³/mol. The Morgan fingerprint density at radius 3 is 2.73 bits per heavy atom. The van der Waals surface area contributed by atoms with E-state index in [2.05, 4.69) is 20.7 Å². The van der Waals surface area contributed by atoms with Gasteiger partial charge < -0.3 is 16.4 Å². The highest BCUT2D eigenvalue weighted by molar-refractivity contribution is 5.80. The Hall–Kier alpha value is -2.67. The van der Waals surface area contributed by atoms with Gasteiger partial charge in [0.2, 0.25) is 0 Å². The smallest absolute Gasteiger partial charge is 0.177 e. The minimum absolute atomic E-state index is 0.302. The average Bonchev–Trinajstić information content (AvgIpc) is 3.10. The fourth-order valence-corrected chi connectivity index (χ4v) is 3.47. The minimum Gasteiger partial charge on any atom is -0.366 e. The number of nitrogens with zero attached hydrogens (tertiary/aromatic N) is 3. The molecule has 6 nitrogen and oxygen atoms in total. The second-order valence-corrected chi connectivity index (χ2v) is 6.90. The van der Waals surface area contributed by atoms with Gasteiger partial charge in [0.15, 0.2) is 11.5 Å². The molecule has 0 atom stereocenters. The lowest BCUT2D eigenvalue weighted by Crippen LogP contribution is -2.33. The number of benzene rings is 1. The molecule has 0 bridgehead atoms. The molecule has 3 aromatic rings. The van der Waals surface area contributed by atoms with Gasteiger partial charge in [-0.3, -0.25) is 0 Å². The van der Waals surface area contributed by atoms with Crippen molar-refractivity contribution in [2.75, 3.05) is 10.6 Å². The van der Waals surface area contributed by atoms with E-state index in [-0.39, 0.29) is 5.82 Å². The second-order valence-electron chi connectivity index (χ2n) is 6.90. The van der Waals surface area contributed by atoms with Crippen molar-refractivity contribution < 1.29 is 4.39 Å². The van der Waals surface area contributed by atoms with E-state index in [4.69, 9.17) is 5.73 Å². The van der Waals surface area contributed by atoms with Crippen molar-refractivity contribution in [3.63, 3.8) is 0 Å². The molecule has 0 amide bonds. The molecular weight excluding hydrogens is 331 g/mol. The highest BCUT2D eigenvalue weighted by Gasteiger charge is 2.21. The third-order valence-electron chi connectivity index (χ3n) is 5.03. The number of nitrogens with one attached hydrogen (secondary N) is 2. The van der Waals surface area contributed by atoms with E-state index < -0.39 is 0 Å². The molecule has 0 unspecified atom stereocenters. The van der Waals surface area contributed by atoms with E-state index >= 15 is 0 Å². The first-order chi connectivity index (χ1) is 12.6. The van der Waals surface area contributed by atoms with Gasteiger partial charge in [0.1, 0.15) is 5.82 Å². The third kappa shape index (κ3) is 3.22. The molecule has 2 heterocycles. The standard InChI is InChI=1S/C19H23FN6/c1-12-17(24-16-5-3-2-4-15(16)20)19-22-10-11-26(19)25-18(12)23-14-8-6-13(21)7-9-14/h2-5,10-11,13-14,24H,6-9,21H2,1H3,(H,23,25). The number of hydrogen-bond donors (Lipinski definition) is 3. The molecule has 0 saturated heterocycles. The molecule has 1 aliphatic carbocycles. The fraction of sp³-hybridized carbons (Fsp3) is 0.368. The normalized spacial score (nSPS) is 20.3. The van der Waals surface area contributed by atoms with Crippen LogP contribution in [0.25, 0.3) is 5.65 Å². The van der Waals surface area contributed by atoms with Crippen LogP contribution in [-0.4, -0.2) is 26.7 Å². The molecule has 7 heteroatoms. The predicted octanol–water partition coefficient (Wildman–Crippen LogP) is 3.60. The van der Waals surface area contributed by atoms with Gasteiger partial charge in [0, 0.05) is 30.0 Å². The number of halogens is 1. The van der Waals surface area contributed by atoms with Gasteiger partial charge in [0.25, 0.3) is 0 Å². The van der Waals surface area contributed by atoms with E-state index in [0.717, 1.165) is 42.8 Å². The lowest BCUT2D eigenvalue weighted by Gasteiger charge is -2.28. The summed E-state index contributed by atoms with van der Waals surface area (Å²) in [6, 6.07) is 7.27. The molecule has 0 radical (unpaired) electrons. The quantitative estimate of drug-likeness (QED) is 0.667. The summed E-state index contributed by atoms with van der Waals surface area (Å²) in [7, 11) is 0. The van der Waals surface area contributed by atoms with Gasteiger partial charge in [0.05, 0.1) is 11.4 Å². The van der Waals surface area contributed by atoms with Crippen molar-refractivity contribution in [1.29, 1.82) is 0 Å². The van der Waals surface area contributed by atoms with Crippen LogP contribution in [0.4, 0.5) is 21.6 Å². The Balaban J connectivity index is 1.69. The summed E-state index contributed by atoms with van der Waals surface area (Å²) >= 11 is 0. The molecule has 1 saturated carbocycles. The van der Waals surface area contributed by atoms with E-state index in [9.17, 15) is 4.39 Å². The number of para-hydroxylation sites is 1. The molecule has 1 aliphatic rings. The Bertz CT molecular complexity index is 914. The SMILES string of the molecule is Cc1c(NC2CCC(N)CC2)nn2ccnc2c1Nc1ccccc1F. The van der Waals surface area contributed by atoms with Crippen molar-refractivity contribution in [1.82, 2.24) is 14.6 Å². The van der Waals surface area contributed by atoms with Crippen molar-refractivity contribution in [3.05, 3.63) is 48.0 Å². The average molecular weight is 354 g/mol. The Kier molecular flexibility index (Phi) is 4.46. The summed E-state index contributed by atoms with van der Waals surface area (Å²) in [5.74, 6) is 0.485. The van der Waals surface area contributed by atoms with Crippen LogP contribution in [0.3, 0.4) is 0 Å². The summed E-state index contributed by atoms with van der Waals surface area (Å²) < 4.78 is 15.8.